The fraction of sp³-hybridized carbons (Fsp3) is 0.529. The van der Waals surface area contributed by atoms with Crippen molar-refractivity contribution < 1.29 is 19.1 Å². The van der Waals surface area contributed by atoms with Gasteiger partial charge in [-0.05, 0) is 13.8 Å². The number of hydrogen-bond acceptors (Lipinski definition) is 9. The summed E-state index contributed by atoms with van der Waals surface area (Å²) < 4.78 is 10.2. The third-order valence-corrected chi connectivity index (χ3v) is 5.41. The summed E-state index contributed by atoms with van der Waals surface area (Å²) in [7, 11) is 0. The number of hydrogen-bond donors (Lipinski definition) is 2. The molecule has 0 saturated heterocycles. The van der Waals surface area contributed by atoms with E-state index in [0.717, 1.165) is 17.2 Å². The Hall–Kier alpha value is -2.07. The molecule has 3 N–H and O–H groups in total. The average molecular weight is 413 g/mol. The largest absolute Gasteiger partial charge is 0.462 e. The smallest absolute Gasteiger partial charge is 0.348 e. The predicted octanol–water partition coefficient (Wildman–Crippen LogP) is 3.39. The van der Waals surface area contributed by atoms with Gasteiger partial charge in [0.15, 0.2) is 0 Å². The number of thioether (sulfide) groups is 1. The Labute approximate surface area is 166 Å². The van der Waals surface area contributed by atoms with Gasteiger partial charge in [-0.15, -0.1) is 16.4 Å². The van der Waals surface area contributed by atoms with E-state index in [-0.39, 0.29) is 34.9 Å². The van der Waals surface area contributed by atoms with Crippen molar-refractivity contribution in [2.24, 2.45) is 0 Å². The zero-order valence-electron chi connectivity index (χ0n) is 16.0. The molecule has 27 heavy (non-hydrogen) atoms. The van der Waals surface area contributed by atoms with Crippen molar-refractivity contribution >= 4 is 40.0 Å². The van der Waals surface area contributed by atoms with E-state index >= 15 is 0 Å². The fourth-order valence-electron chi connectivity index (χ4n) is 2.19. The molecule has 0 atom stereocenters. The lowest BCUT2D eigenvalue weighted by Gasteiger charge is -2.12. The van der Waals surface area contributed by atoms with Crippen LogP contribution in [-0.2, 0) is 20.6 Å². The van der Waals surface area contributed by atoms with Crippen molar-refractivity contribution in [1.82, 2.24) is 15.2 Å². The first-order chi connectivity index (χ1) is 12.7. The SMILES string of the molecule is CCOC(=O)c1sc(N)c(C(=O)OCC)c1CSc1n[nH]c(C(C)(C)C)n1. The van der Waals surface area contributed by atoms with E-state index in [2.05, 4.69) is 15.2 Å². The molecule has 8 nitrogen and oxygen atoms in total. The van der Waals surface area contributed by atoms with Crippen LogP contribution in [0.2, 0.25) is 0 Å². The Morgan fingerprint density at radius 1 is 1.19 bits per heavy atom. The topological polar surface area (TPSA) is 120 Å². The molecule has 0 aliphatic rings. The third kappa shape index (κ3) is 5.01. The number of nitrogens with zero attached hydrogens (tertiary/aromatic N) is 2. The molecule has 0 unspecified atom stereocenters. The molecule has 0 saturated carbocycles. The summed E-state index contributed by atoms with van der Waals surface area (Å²) >= 11 is 2.33. The van der Waals surface area contributed by atoms with Crippen LogP contribution in [0.25, 0.3) is 0 Å². The highest BCUT2D eigenvalue weighted by atomic mass is 32.2. The Morgan fingerprint density at radius 3 is 2.37 bits per heavy atom. The van der Waals surface area contributed by atoms with Crippen molar-refractivity contribution in [3.8, 4) is 0 Å². The second-order valence-electron chi connectivity index (χ2n) is 6.60. The number of anilines is 1. The van der Waals surface area contributed by atoms with E-state index in [0.29, 0.717) is 15.6 Å². The molecule has 2 heterocycles. The highest BCUT2D eigenvalue weighted by molar-refractivity contribution is 7.98. The van der Waals surface area contributed by atoms with Crippen molar-refractivity contribution in [2.45, 2.75) is 50.9 Å². The minimum atomic E-state index is -0.553. The maximum Gasteiger partial charge on any atom is 0.348 e. The van der Waals surface area contributed by atoms with Crippen LogP contribution in [0.3, 0.4) is 0 Å². The van der Waals surface area contributed by atoms with Gasteiger partial charge in [-0.25, -0.2) is 14.6 Å². The lowest BCUT2D eigenvalue weighted by Crippen LogP contribution is -2.13. The quantitative estimate of drug-likeness (QED) is 0.524. The molecule has 2 aromatic rings. The summed E-state index contributed by atoms with van der Waals surface area (Å²) in [6.45, 7) is 9.96. The number of rotatable bonds is 7. The van der Waals surface area contributed by atoms with Gasteiger partial charge in [0, 0.05) is 16.7 Å². The molecular formula is C17H24N4O4S2. The second-order valence-corrected chi connectivity index (χ2v) is 8.59. The summed E-state index contributed by atoms with van der Waals surface area (Å²) in [4.78, 5) is 29.4. The van der Waals surface area contributed by atoms with Crippen LogP contribution in [0.15, 0.2) is 5.16 Å². The molecule has 0 bridgehead atoms. The lowest BCUT2D eigenvalue weighted by molar-refractivity contribution is 0.0527. The average Bonchev–Trinajstić information content (AvgIpc) is 3.17. The number of thiophene rings is 1. The Bertz CT molecular complexity index is 824. The Balaban J connectivity index is 2.33. The fourth-order valence-corrected chi connectivity index (χ4v) is 4.08. The number of aromatic nitrogens is 3. The van der Waals surface area contributed by atoms with E-state index in [9.17, 15) is 9.59 Å². The van der Waals surface area contributed by atoms with Crippen molar-refractivity contribution in [3.05, 3.63) is 21.8 Å². The van der Waals surface area contributed by atoms with E-state index in [1.54, 1.807) is 13.8 Å². The van der Waals surface area contributed by atoms with Crippen molar-refractivity contribution in [2.75, 3.05) is 18.9 Å². The number of carbonyl (C=O) groups excluding carboxylic acids is 2. The summed E-state index contributed by atoms with van der Waals surface area (Å²) in [5.74, 6) is -0.0169. The van der Waals surface area contributed by atoms with E-state index in [1.807, 2.05) is 20.8 Å². The highest BCUT2D eigenvalue weighted by Gasteiger charge is 2.28. The van der Waals surface area contributed by atoms with Crippen LogP contribution < -0.4 is 5.73 Å². The highest BCUT2D eigenvalue weighted by Crippen LogP contribution is 2.36. The Morgan fingerprint density at radius 2 is 1.81 bits per heavy atom. The molecule has 0 aliphatic heterocycles. The summed E-state index contributed by atoms with van der Waals surface area (Å²) in [5.41, 5.74) is 6.54. The molecule has 0 spiro atoms. The zero-order chi connectivity index (χ0) is 20.2. The van der Waals surface area contributed by atoms with Crippen LogP contribution in [0.5, 0.6) is 0 Å². The second kappa shape index (κ2) is 8.75. The molecule has 10 heteroatoms. The minimum absolute atomic E-state index is 0.162. The normalized spacial score (nSPS) is 11.4. The number of ether oxygens (including phenoxy) is 2. The third-order valence-electron chi connectivity index (χ3n) is 3.50. The van der Waals surface area contributed by atoms with Gasteiger partial charge >= 0.3 is 11.9 Å². The number of nitrogen functional groups attached to an aromatic ring is 1. The van der Waals surface area contributed by atoms with E-state index < -0.39 is 11.9 Å². The monoisotopic (exact) mass is 412 g/mol. The Kier molecular flexibility index (Phi) is 6.88. The first kappa shape index (κ1) is 21.2. The number of nitrogens with two attached hydrogens (primary N) is 1. The molecule has 2 rings (SSSR count). The number of H-pyrrole nitrogens is 1. The minimum Gasteiger partial charge on any atom is -0.462 e. The van der Waals surface area contributed by atoms with E-state index in [4.69, 9.17) is 15.2 Å². The molecule has 0 amide bonds. The predicted molar refractivity (Wildman–Crippen MR) is 105 cm³/mol. The van der Waals surface area contributed by atoms with Crippen LogP contribution in [0.4, 0.5) is 5.00 Å². The summed E-state index contributed by atoms with van der Waals surface area (Å²) in [6, 6.07) is 0. The van der Waals surface area contributed by atoms with Gasteiger partial charge in [-0.2, -0.15) is 0 Å². The number of aromatic amines is 1. The molecule has 0 fully saturated rings. The molecular weight excluding hydrogens is 388 g/mol. The van der Waals surface area contributed by atoms with Gasteiger partial charge in [0.1, 0.15) is 15.7 Å². The van der Waals surface area contributed by atoms with Gasteiger partial charge in [0.25, 0.3) is 0 Å². The van der Waals surface area contributed by atoms with Gasteiger partial charge in [0.05, 0.1) is 18.8 Å². The van der Waals surface area contributed by atoms with Gasteiger partial charge in [0.2, 0.25) is 5.16 Å². The molecule has 0 aliphatic carbocycles. The molecule has 0 aromatic carbocycles. The molecule has 2 aromatic heterocycles. The van der Waals surface area contributed by atoms with Crippen LogP contribution in [0, 0.1) is 0 Å². The van der Waals surface area contributed by atoms with Crippen LogP contribution >= 0.6 is 23.1 Å². The number of esters is 2. The standard InChI is InChI=1S/C17H24N4O4S2/c1-6-24-13(22)10-9(11(27-12(10)18)14(23)25-7-2)8-26-16-19-15(20-21-16)17(3,4)5/h6-8,18H2,1-5H3,(H,19,20,21). The van der Waals surface area contributed by atoms with Crippen molar-refractivity contribution in [3.63, 3.8) is 0 Å². The van der Waals surface area contributed by atoms with Gasteiger partial charge in [-0.1, -0.05) is 32.5 Å². The van der Waals surface area contributed by atoms with E-state index in [1.165, 1.54) is 11.8 Å². The first-order valence-electron chi connectivity index (χ1n) is 8.50. The first-order valence-corrected chi connectivity index (χ1v) is 10.3. The maximum absolute atomic E-state index is 12.3. The maximum atomic E-state index is 12.3. The van der Waals surface area contributed by atoms with Crippen LogP contribution in [-0.4, -0.2) is 40.3 Å². The van der Waals surface area contributed by atoms with Gasteiger partial charge < -0.3 is 15.2 Å². The number of nitrogens with one attached hydrogen (secondary N) is 1. The summed E-state index contributed by atoms with van der Waals surface area (Å²) in [5, 5.41) is 7.86. The van der Waals surface area contributed by atoms with Crippen molar-refractivity contribution in [1.29, 1.82) is 0 Å². The van der Waals surface area contributed by atoms with Crippen LogP contribution in [0.1, 0.15) is 66.0 Å². The zero-order valence-corrected chi connectivity index (χ0v) is 17.7. The summed E-state index contributed by atoms with van der Waals surface area (Å²) in [6.07, 6.45) is 0. The number of carbonyl (C=O) groups is 2. The molecule has 148 valence electrons. The van der Waals surface area contributed by atoms with Gasteiger partial charge in [-0.3, -0.25) is 5.10 Å². The lowest BCUT2D eigenvalue weighted by atomic mass is 9.96. The molecule has 0 radical (unpaired) electrons.